The molecule has 0 fully saturated rings. The second-order valence-electron chi connectivity index (χ2n) is 12.2. The van der Waals surface area contributed by atoms with E-state index >= 15 is 0 Å². The third-order valence-electron chi connectivity index (χ3n) is 8.82. The third-order valence-corrected chi connectivity index (χ3v) is 12.5. The summed E-state index contributed by atoms with van der Waals surface area (Å²) in [5.41, 5.74) is 4.64. The Morgan fingerprint density at radius 2 is 1.27 bits per heavy atom. The molecule has 0 saturated carbocycles. The van der Waals surface area contributed by atoms with Crippen LogP contribution < -0.4 is 4.90 Å². The summed E-state index contributed by atoms with van der Waals surface area (Å²) in [6, 6.07) is 38.3. The van der Waals surface area contributed by atoms with Crippen molar-refractivity contribution in [3.63, 3.8) is 0 Å². The number of imide groups is 1. The zero-order chi connectivity index (χ0) is 36.2. The van der Waals surface area contributed by atoms with Crippen molar-refractivity contribution in [1.82, 2.24) is 4.90 Å². The van der Waals surface area contributed by atoms with Gasteiger partial charge in [0.15, 0.2) is 0 Å². The fourth-order valence-corrected chi connectivity index (χ4v) is 9.76. The van der Waals surface area contributed by atoms with Crippen molar-refractivity contribution in [3.8, 4) is 36.0 Å². The Morgan fingerprint density at radius 3 is 1.85 bits per heavy atom. The number of amides is 2. The van der Waals surface area contributed by atoms with Crippen LogP contribution in [0, 0.1) is 11.3 Å². The number of carboxylic acid groups (broad SMARTS) is 1. The largest absolute Gasteiger partial charge is 0.477 e. The standard InChI is InChI=1S/C42H33N3O4S3/c1-2-3-4-11-24-44-40(46)36-37(41(44)47)39(52-38(36)34-21-20-32(50-34)25-28(26-43)42(48)49)35-23-22-33(51-35)27-16-18-31(19-17-27)45(29-12-7-5-8-13-29)30-14-9-6-10-15-30/h5-10,12-23,25H,2-4,11,24H2,1H3,(H,48,49)/b28-25-. The Balaban J connectivity index is 1.24. The highest BCUT2D eigenvalue weighted by Gasteiger charge is 2.42. The van der Waals surface area contributed by atoms with E-state index in [9.17, 15) is 24.8 Å². The van der Waals surface area contributed by atoms with Gasteiger partial charge in [-0.25, -0.2) is 4.79 Å². The number of unbranched alkanes of at least 4 members (excludes halogenated alkanes) is 3. The van der Waals surface area contributed by atoms with E-state index in [1.54, 1.807) is 23.5 Å². The average molecular weight is 740 g/mol. The summed E-state index contributed by atoms with van der Waals surface area (Å²) in [6.07, 6.45) is 5.10. The van der Waals surface area contributed by atoms with Crippen LogP contribution in [0.1, 0.15) is 58.2 Å². The van der Waals surface area contributed by atoms with Crippen molar-refractivity contribution < 1.29 is 19.5 Å². The lowest BCUT2D eigenvalue weighted by molar-refractivity contribution is -0.132. The Kier molecular flexibility index (Phi) is 10.3. The summed E-state index contributed by atoms with van der Waals surface area (Å²) in [4.78, 5) is 47.7. The number of thiophene rings is 3. The van der Waals surface area contributed by atoms with E-state index in [-0.39, 0.29) is 17.4 Å². The number of fused-ring (bicyclic) bond motifs is 1. The molecule has 0 radical (unpaired) electrons. The van der Waals surface area contributed by atoms with E-state index in [1.165, 1.54) is 33.6 Å². The smallest absolute Gasteiger partial charge is 0.346 e. The molecule has 0 atom stereocenters. The van der Waals surface area contributed by atoms with Crippen LogP contribution in [-0.2, 0) is 4.79 Å². The molecule has 3 aromatic carbocycles. The van der Waals surface area contributed by atoms with Crippen LogP contribution in [0.5, 0.6) is 0 Å². The van der Waals surface area contributed by atoms with Crippen LogP contribution in [-0.4, -0.2) is 34.3 Å². The summed E-state index contributed by atoms with van der Waals surface area (Å²) in [5.74, 6) is -1.87. The second kappa shape index (κ2) is 15.3. The van der Waals surface area contributed by atoms with Crippen LogP contribution in [0.4, 0.5) is 17.1 Å². The van der Waals surface area contributed by atoms with Gasteiger partial charge in [-0.1, -0.05) is 74.7 Å². The van der Waals surface area contributed by atoms with Gasteiger partial charge in [-0.05, 0) is 78.7 Å². The van der Waals surface area contributed by atoms with E-state index in [1.807, 2.05) is 48.5 Å². The van der Waals surface area contributed by atoms with E-state index in [4.69, 9.17) is 0 Å². The number of carbonyl (C=O) groups excluding carboxylic acids is 2. The maximum Gasteiger partial charge on any atom is 0.346 e. The zero-order valence-electron chi connectivity index (χ0n) is 28.2. The van der Waals surface area contributed by atoms with Gasteiger partial charge in [0, 0.05) is 43.1 Å². The highest BCUT2D eigenvalue weighted by molar-refractivity contribution is 7.28. The van der Waals surface area contributed by atoms with E-state index in [0.29, 0.717) is 27.4 Å². The number of hydrogen-bond acceptors (Lipinski definition) is 8. The zero-order valence-corrected chi connectivity index (χ0v) is 30.7. The molecule has 10 heteroatoms. The molecule has 2 amide bonds. The molecule has 0 saturated heterocycles. The van der Waals surface area contributed by atoms with Gasteiger partial charge in [0.2, 0.25) is 0 Å². The number of hydrogen-bond donors (Lipinski definition) is 1. The lowest BCUT2D eigenvalue weighted by Crippen LogP contribution is -2.31. The summed E-state index contributed by atoms with van der Waals surface area (Å²) in [6.45, 7) is 2.49. The van der Waals surface area contributed by atoms with E-state index in [0.717, 1.165) is 67.8 Å². The topological polar surface area (TPSA) is 102 Å². The highest BCUT2D eigenvalue weighted by atomic mass is 32.1. The van der Waals surface area contributed by atoms with E-state index < -0.39 is 5.97 Å². The molecule has 6 aromatic rings. The van der Waals surface area contributed by atoms with Crippen LogP contribution in [0.15, 0.2) is 115 Å². The van der Waals surface area contributed by atoms with Crippen LogP contribution >= 0.6 is 34.0 Å². The minimum Gasteiger partial charge on any atom is -0.477 e. The molecule has 0 spiro atoms. The Labute approximate surface area is 314 Å². The first-order valence-corrected chi connectivity index (χ1v) is 19.4. The van der Waals surface area contributed by atoms with Crippen molar-refractivity contribution in [3.05, 3.63) is 131 Å². The minimum atomic E-state index is -1.30. The number of carbonyl (C=O) groups is 3. The predicted molar refractivity (Wildman–Crippen MR) is 212 cm³/mol. The Hall–Kier alpha value is -5.60. The first-order chi connectivity index (χ1) is 25.4. The van der Waals surface area contributed by atoms with Gasteiger partial charge in [-0.15, -0.1) is 34.0 Å². The maximum atomic E-state index is 14.0. The van der Waals surface area contributed by atoms with Crippen molar-refractivity contribution in [2.45, 2.75) is 32.6 Å². The number of para-hydroxylation sites is 2. The number of benzene rings is 3. The molecule has 52 heavy (non-hydrogen) atoms. The van der Waals surface area contributed by atoms with Crippen molar-refractivity contribution in [1.29, 1.82) is 5.26 Å². The molecular weight excluding hydrogens is 707 g/mol. The number of carboxylic acids is 1. The predicted octanol–water partition coefficient (Wildman–Crippen LogP) is 11.5. The lowest BCUT2D eigenvalue weighted by Gasteiger charge is -2.25. The quantitative estimate of drug-likeness (QED) is 0.0547. The molecule has 0 bridgehead atoms. The first-order valence-electron chi connectivity index (χ1n) is 17.0. The van der Waals surface area contributed by atoms with Crippen LogP contribution in [0.25, 0.3) is 36.0 Å². The lowest BCUT2D eigenvalue weighted by atomic mass is 10.1. The molecule has 1 aliphatic heterocycles. The van der Waals surface area contributed by atoms with Gasteiger partial charge in [0.05, 0.1) is 20.9 Å². The number of rotatable bonds is 13. The molecule has 0 aliphatic carbocycles. The van der Waals surface area contributed by atoms with Gasteiger partial charge in [-0.3, -0.25) is 14.5 Å². The van der Waals surface area contributed by atoms with E-state index in [2.05, 4.69) is 66.4 Å². The summed E-state index contributed by atoms with van der Waals surface area (Å²) in [5, 5.41) is 18.6. The van der Waals surface area contributed by atoms with Crippen LogP contribution in [0.3, 0.4) is 0 Å². The first kappa shape index (κ1) is 34.8. The SMILES string of the molecule is CCCCCCN1C(=O)c2c(-c3ccc(/C=C(/C#N)C(=O)O)s3)sc(-c3ccc(-c4ccc(N(c5ccccc5)c5ccccc5)cc4)s3)c2C1=O. The molecule has 7 rings (SSSR count). The molecule has 3 aromatic heterocycles. The summed E-state index contributed by atoms with van der Waals surface area (Å²) < 4.78 is 0. The van der Waals surface area contributed by atoms with Crippen LogP contribution in [0.2, 0.25) is 0 Å². The highest BCUT2D eigenvalue weighted by Crippen LogP contribution is 2.50. The molecule has 0 unspecified atom stereocenters. The van der Waals surface area contributed by atoms with Gasteiger partial charge in [0.1, 0.15) is 11.6 Å². The average Bonchev–Trinajstić information content (AvgIpc) is 3.97. The Morgan fingerprint density at radius 1 is 0.712 bits per heavy atom. The number of anilines is 3. The van der Waals surface area contributed by atoms with Crippen molar-refractivity contribution >= 4 is 74.9 Å². The fraction of sp³-hybridized carbons (Fsp3) is 0.143. The molecular formula is C42H33N3O4S3. The Bertz CT molecular complexity index is 2290. The minimum absolute atomic E-state index is 0.274. The normalized spacial score (nSPS) is 12.6. The van der Waals surface area contributed by atoms with Crippen molar-refractivity contribution in [2.75, 3.05) is 11.4 Å². The molecule has 7 nitrogen and oxygen atoms in total. The fourth-order valence-electron chi connectivity index (χ4n) is 6.28. The maximum absolute atomic E-state index is 14.0. The summed E-state index contributed by atoms with van der Waals surface area (Å²) in [7, 11) is 0. The van der Waals surface area contributed by atoms with Gasteiger partial charge < -0.3 is 10.0 Å². The molecule has 258 valence electrons. The number of nitriles is 1. The number of nitrogens with zero attached hydrogens (tertiary/aromatic N) is 3. The van der Waals surface area contributed by atoms with Gasteiger partial charge in [-0.2, -0.15) is 5.26 Å². The van der Waals surface area contributed by atoms with Gasteiger partial charge in [0.25, 0.3) is 11.8 Å². The monoisotopic (exact) mass is 739 g/mol. The third kappa shape index (κ3) is 6.86. The number of aliphatic carboxylic acids is 1. The molecule has 1 N–H and O–H groups in total. The van der Waals surface area contributed by atoms with Crippen molar-refractivity contribution in [2.24, 2.45) is 0 Å². The molecule has 4 heterocycles. The summed E-state index contributed by atoms with van der Waals surface area (Å²) >= 11 is 4.27. The second-order valence-corrected chi connectivity index (χ2v) is 15.4. The molecule has 1 aliphatic rings. The van der Waals surface area contributed by atoms with Gasteiger partial charge >= 0.3 is 5.97 Å².